The molecular weight excluding hydrogens is 342 g/mol. The summed E-state index contributed by atoms with van der Waals surface area (Å²) in [5.41, 5.74) is -1.11. The van der Waals surface area contributed by atoms with Crippen molar-refractivity contribution in [2.45, 2.75) is 33.4 Å². The number of carbonyl (C=O) groups excluding carboxylic acids is 2. The quantitative estimate of drug-likeness (QED) is 0.441. The number of hydrogen-bond donors (Lipinski definition) is 0. The van der Waals surface area contributed by atoms with Crippen molar-refractivity contribution in [3.05, 3.63) is 44.8 Å². The Labute approximate surface area is 150 Å². The van der Waals surface area contributed by atoms with Gasteiger partial charge in [0.05, 0.1) is 19.2 Å². The molecule has 0 N–H and O–H groups in total. The monoisotopic (exact) mass is 363 g/mol. The molecule has 1 fully saturated rings. The van der Waals surface area contributed by atoms with E-state index in [9.17, 15) is 9.59 Å². The highest BCUT2D eigenvalue weighted by Crippen LogP contribution is 2.56. The summed E-state index contributed by atoms with van der Waals surface area (Å²) in [5.74, 6) is -0.649. The number of amides is 1. The van der Waals surface area contributed by atoms with Crippen LogP contribution in [0.3, 0.4) is 0 Å². The third-order valence-corrected chi connectivity index (χ3v) is 6.39. The predicted octanol–water partition coefficient (Wildman–Crippen LogP) is 4.10. The van der Waals surface area contributed by atoms with E-state index in [0.29, 0.717) is 6.54 Å². The van der Waals surface area contributed by atoms with E-state index in [2.05, 4.69) is 0 Å². The van der Waals surface area contributed by atoms with Crippen LogP contribution in [-0.2, 0) is 20.9 Å². The van der Waals surface area contributed by atoms with Gasteiger partial charge in [0, 0.05) is 9.75 Å². The van der Waals surface area contributed by atoms with E-state index in [1.165, 1.54) is 0 Å². The van der Waals surface area contributed by atoms with Crippen LogP contribution >= 0.6 is 22.7 Å². The summed E-state index contributed by atoms with van der Waals surface area (Å²) in [4.78, 5) is 29.9. The zero-order valence-corrected chi connectivity index (χ0v) is 15.7. The number of rotatable bonds is 6. The van der Waals surface area contributed by atoms with Crippen LogP contribution in [0.15, 0.2) is 35.0 Å². The Morgan fingerprint density at radius 2 is 2.00 bits per heavy atom. The Morgan fingerprint density at radius 1 is 1.29 bits per heavy atom. The van der Waals surface area contributed by atoms with Gasteiger partial charge in [0.25, 0.3) is 0 Å². The number of likely N-dealkylation sites (tertiary alicyclic amines) is 1. The highest BCUT2D eigenvalue weighted by molar-refractivity contribution is 7.10. The van der Waals surface area contributed by atoms with Gasteiger partial charge in [0.1, 0.15) is 0 Å². The molecule has 1 saturated heterocycles. The highest BCUT2D eigenvalue weighted by atomic mass is 32.1. The molecule has 1 amide bonds. The van der Waals surface area contributed by atoms with Crippen LogP contribution in [0, 0.1) is 11.3 Å². The normalized spacial score (nSPS) is 23.4. The fourth-order valence-electron chi connectivity index (χ4n) is 3.46. The number of esters is 1. The minimum absolute atomic E-state index is 0.122. The first kappa shape index (κ1) is 17.2. The van der Waals surface area contributed by atoms with Crippen LogP contribution in [-0.4, -0.2) is 23.4 Å². The molecule has 0 bridgehead atoms. The summed E-state index contributed by atoms with van der Waals surface area (Å²) < 4.78 is 5.31. The first-order chi connectivity index (χ1) is 11.5. The van der Waals surface area contributed by atoms with Crippen molar-refractivity contribution < 1.29 is 14.3 Å². The Kier molecular flexibility index (Phi) is 4.78. The van der Waals surface area contributed by atoms with E-state index < -0.39 is 11.4 Å². The third kappa shape index (κ3) is 2.48. The van der Waals surface area contributed by atoms with E-state index in [4.69, 9.17) is 4.74 Å². The number of carbonyl (C=O) groups is 2. The molecule has 0 saturated carbocycles. The Balaban J connectivity index is 2.01. The van der Waals surface area contributed by atoms with Crippen molar-refractivity contribution >= 4 is 34.6 Å². The van der Waals surface area contributed by atoms with E-state index in [1.807, 2.05) is 53.8 Å². The van der Waals surface area contributed by atoms with Crippen LogP contribution in [0.1, 0.15) is 36.6 Å². The Bertz CT molecular complexity index is 709. The SMILES string of the molecule is CCOC(=O)[C@@]1(C(C)C)C(=O)N(Cc2cccs2)[C@H]1c1cccs1. The van der Waals surface area contributed by atoms with Gasteiger partial charge in [-0.2, -0.15) is 0 Å². The molecule has 2 aromatic rings. The average molecular weight is 364 g/mol. The fourth-order valence-corrected chi connectivity index (χ4v) is 5.07. The van der Waals surface area contributed by atoms with Gasteiger partial charge in [-0.1, -0.05) is 26.0 Å². The lowest BCUT2D eigenvalue weighted by Gasteiger charge is -2.55. The van der Waals surface area contributed by atoms with Crippen LogP contribution in [0.5, 0.6) is 0 Å². The van der Waals surface area contributed by atoms with Gasteiger partial charge in [-0.15, -0.1) is 22.7 Å². The molecule has 3 rings (SSSR count). The predicted molar refractivity (Wildman–Crippen MR) is 95.8 cm³/mol. The second-order valence-corrected chi connectivity index (χ2v) is 8.19. The molecule has 1 aliphatic heterocycles. The molecule has 2 aromatic heterocycles. The Morgan fingerprint density at radius 3 is 2.54 bits per heavy atom. The first-order valence-electron chi connectivity index (χ1n) is 8.07. The van der Waals surface area contributed by atoms with Crippen molar-refractivity contribution in [2.75, 3.05) is 6.61 Å². The number of ether oxygens (including phenoxy) is 1. The summed E-state index contributed by atoms with van der Waals surface area (Å²) in [7, 11) is 0. The molecule has 0 aromatic carbocycles. The maximum Gasteiger partial charge on any atom is 0.324 e. The van der Waals surface area contributed by atoms with E-state index in [0.717, 1.165) is 9.75 Å². The molecule has 4 nitrogen and oxygen atoms in total. The second-order valence-electron chi connectivity index (χ2n) is 6.17. The van der Waals surface area contributed by atoms with Gasteiger partial charge in [-0.25, -0.2) is 0 Å². The maximum absolute atomic E-state index is 13.1. The number of nitrogens with zero attached hydrogens (tertiary/aromatic N) is 1. The summed E-state index contributed by atoms with van der Waals surface area (Å²) in [6.45, 7) is 6.45. The molecule has 1 aliphatic rings. The van der Waals surface area contributed by atoms with Crippen molar-refractivity contribution in [1.29, 1.82) is 0 Å². The van der Waals surface area contributed by atoms with Gasteiger partial charge >= 0.3 is 5.97 Å². The number of hydrogen-bond acceptors (Lipinski definition) is 5. The van der Waals surface area contributed by atoms with Crippen molar-refractivity contribution in [1.82, 2.24) is 4.90 Å². The zero-order valence-electron chi connectivity index (χ0n) is 14.0. The number of thiophene rings is 2. The summed E-state index contributed by atoms with van der Waals surface area (Å²) in [6, 6.07) is 7.70. The van der Waals surface area contributed by atoms with Crippen molar-refractivity contribution in [3.8, 4) is 0 Å². The average Bonchev–Trinajstić information content (AvgIpc) is 3.23. The van der Waals surface area contributed by atoms with E-state index in [-0.39, 0.29) is 24.5 Å². The van der Waals surface area contributed by atoms with E-state index >= 15 is 0 Å². The van der Waals surface area contributed by atoms with Crippen LogP contribution < -0.4 is 0 Å². The molecule has 0 spiro atoms. The molecule has 0 aliphatic carbocycles. The Hall–Kier alpha value is -1.66. The lowest BCUT2D eigenvalue weighted by atomic mass is 9.62. The zero-order chi connectivity index (χ0) is 17.3. The van der Waals surface area contributed by atoms with Gasteiger partial charge in [0.15, 0.2) is 5.41 Å². The lowest BCUT2D eigenvalue weighted by molar-refractivity contribution is -0.198. The van der Waals surface area contributed by atoms with Gasteiger partial charge in [-0.3, -0.25) is 9.59 Å². The molecule has 0 unspecified atom stereocenters. The number of β-lactam (4-membered cyclic amide) rings is 1. The largest absolute Gasteiger partial charge is 0.465 e. The van der Waals surface area contributed by atoms with Gasteiger partial charge in [0.2, 0.25) is 5.91 Å². The molecule has 6 heteroatoms. The highest BCUT2D eigenvalue weighted by Gasteiger charge is 2.68. The molecular formula is C18H21NO3S2. The summed E-state index contributed by atoms with van der Waals surface area (Å²) in [5, 5.41) is 3.98. The third-order valence-electron chi connectivity index (χ3n) is 4.60. The molecule has 0 radical (unpaired) electrons. The van der Waals surface area contributed by atoms with Crippen LogP contribution in [0.2, 0.25) is 0 Å². The maximum atomic E-state index is 13.1. The first-order valence-corrected chi connectivity index (χ1v) is 9.83. The molecule has 128 valence electrons. The van der Waals surface area contributed by atoms with Gasteiger partial charge in [-0.05, 0) is 35.7 Å². The minimum atomic E-state index is -1.11. The molecule has 24 heavy (non-hydrogen) atoms. The standard InChI is InChI=1S/C18H21NO3S2/c1-4-22-17(21)18(12(2)3)15(14-8-6-10-24-14)19(16(18)20)11-13-7-5-9-23-13/h5-10,12,15H,4,11H2,1-3H3/t15-,18+/m0/s1. The molecule has 3 heterocycles. The van der Waals surface area contributed by atoms with Crippen molar-refractivity contribution in [2.24, 2.45) is 11.3 Å². The second kappa shape index (κ2) is 6.69. The topological polar surface area (TPSA) is 46.6 Å². The van der Waals surface area contributed by atoms with Crippen molar-refractivity contribution in [3.63, 3.8) is 0 Å². The van der Waals surface area contributed by atoms with Crippen LogP contribution in [0.4, 0.5) is 0 Å². The fraction of sp³-hybridized carbons (Fsp3) is 0.444. The lowest BCUT2D eigenvalue weighted by Crippen LogP contribution is -2.68. The molecule has 2 atom stereocenters. The van der Waals surface area contributed by atoms with E-state index in [1.54, 1.807) is 29.6 Å². The smallest absolute Gasteiger partial charge is 0.324 e. The minimum Gasteiger partial charge on any atom is -0.465 e. The van der Waals surface area contributed by atoms with Gasteiger partial charge < -0.3 is 9.64 Å². The summed E-state index contributed by atoms with van der Waals surface area (Å²) in [6.07, 6.45) is 0. The summed E-state index contributed by atoms with van der Waals surface area (Å²) >= 11 is 3.20. The van der Waals surface area contributed by atoms with Crippen LogP contribution in [0.25, 0.3) is 0 Å².